The Labute approximate surface area is 139 Å². The number of nitrogens with zero attached hydrogens (tertiary/aromatic N) is 3. The lowest BCUT2D eigenvalue weighted by Gasteiger charge is -2.12. The molecule has 1 aromatic carbocycles. The van der Waals surface area contributed by atoms with E-state index in [9.17, 15) is 4.79 Å². The van der Waals surface area contributed by atoms with E-state index in [-0.39, 0.29) is 42.8 Å². The molecule has 0 aliphatic heterocycles. The highest BCUT2D eigenvalue weighted by Gasteiger charge is 2.22. The van der Waals surface area contributed by atoms with E-state index < -0.39 is 5.97 Å². The van der Waals surface area contributed by atoms with Gasteiger partial charge in [0.25, 0.3) is 0 Å². The van der Waals surface area contributed by atoms with Crippen molar-refractivity contribution in [3.63, 3.8) is 0 Å². The second-order valence-electron chi connectivity index (χ2n) is 4.66. The van der Waals surface area contributed by atoms with E-state index in [1.807, 2.05) is 6.07 Å². The van der Waals surface area contributed by atoms with Crippen LogP contribution >= 0.6 is 0 Å². The van der Waals surface area contributed by atoms with Crippen LogP contribution < -0.4 is 16.2 Å². The first kappa shape index (κ1) is 17.2. The molecule has 2 rings (SSSR count). The van der Waals surface area contributed by atoms with Crippen LogP contribution in [0.15, 0.2) is 24.3 Å². The van der Waals surface area contributed by atoms with Crippen LogP contribution in [0.1, 0.15) is 22.8 Å². The third-order valence-electron chi connectivity index (χ3n) is 2.99. The van der Waals surface area contributed by atoms with Crippen molar-refractivity contribution in [3.8, 4) is 23.3 Å². The molecule has 1 aromatic heterocycles. The number of anilines is 1. The highest BCUT2D eigenvalue weighted by atomic mass is 16.5. The summed E-state index contributed by atoms with van der Waals surface area (Å²) in [5, 5.41) is 8.99. The number of aromatic nitrogens is 2. The summed E-state index contributed by atoms with van der Waals surface area (Å²) in [6, 6.07) is 8.74. The van der Waals surface area contributed by atoms with E-state index in [0.717, 1.165) is 0 Å². The molecular weight excluding hydrogens is 310 g/mol. The van der Waals surface area contributed by atoms with Crippen LogP contribution in [0.2, 0.25) is 0 Å². The van der Waals surface area contributed by atoms with E-state index >= 15 is 0 Å². The molecule has 0 aliphatic carbocycles. The second-order valence-corrected chi connectivity index (χ2v) is 4.66. The molecule has 0 bridgehead atoms. The summed E-state index contributed by atoms with van der Waals surface area (Å²) in [5.41, 5.74) is 12.3. The number of carbonyl (C=O) groups excluding carboxylic acids is 1. The van der Waals surface area contributed by atoms with Crippen molar-refractivity contribution in [1.82, 2.24) is 9.97 Å². The number of ether oxygens (including phenoxy) is 2. The van der Waals surface area contributed by atoms with E-state index in [4.69, 9.17) is 26.2 Å². The molecule has 8 heteroatoms. The van der Waals surface area contributed by atoms with E-state index in [0.29, 0.717) is 11.1 Å². The molecular formula is C16H17N5O3. The van der Waals surface area contributed by atoms with Crippen LogP contribution in [-0.2, 0) is 4.74 Å². The largest absolute Gasteiger partial charge is 0.476 e. The van der Waals surface area contributed by atoms with Gasteiger partial charge >= 0.3 is 5.97 Å². The summed E-state index contributed by atoms with van der Waals surface area (Å²) in [6.45, 7) is 2.25. The highest BCUT2D eigenvalue weighted by molar-refractivity contribution is 5.97. The van der Waals surface area contributed by atoms with Crippen LogP contribution in [-0.4, -0.2) is 35.7 Å². The third kappa shape index (κ3) is 3.77. The summed E-state index contributed by atoms with van der Waals surface area (Å²) in [5.74, 6) is -0.486. The minimum atomic E-state index is -0.667. The van der Waals surface area contributed by atoms with Gasteiger partial charge in [0, 0.05) is 12.1 Å². The Hall–Kier alpha value is -3.18. The maximum atomic E-state index is 12.1. The van der Waals surface area contributed by atoms with E-state index in [2.05, 4.69) is 9.97 Å². The fourth-order valence-corrected chi connectivity index (χ4v) is 1.97. The van der Waals surface area contributed by atoms with Crippen molar-refractivity contribution in [2.75, 3.05) is 25.5 Å². The summed E-state index contributed by atoms with van der Waals surface area (Å²) in [6.07, 6.45) is 0. The highest BCUT2D eigenvalue weighted by Crippen LogP contribution is 2.27. The maximum absolute atomic E-state index is 12.1. The van der Waals surface area contributed by atoms with Gasteiger partial charge in [-0.15, -0.1) is 0 Å². The Balaban J connectivity index is 2.53. The Bertz CT molecular complexity index is 786. The zero-order valence-corrected chi connectivity index (χ0v) is 13.2. The van der Waals surface area contributed by atoms with Gasteiger partial charge in [-0.2, -0.15) is 10.2 Å². The van der Waals surface area contributed by atoms with E-state index in [1.165, 1.54) is 0 Å². The van der Waals surface area contributed by atoms with Gasteiger partial charge in [0.2, 0.25) is 5.88 Å². The molecule has 0 radical (unpaired) electrons. The molecule has 8 nitrogen and oxygen atoms in total. The van der Waals surface area contributed by atoms with Crippen molar-refractivity contribution in [1.29, 1.82) is 5.26 Å². The average molecular weight is 327 g/mol. The quantitative estimate of drug-likeness (QED) is 0.753. The summed E-state index contributed by atoms with van der Waals surface area (Å²) in [7, 11) is 0. The Morgan fingerprint density at radius 1 is 1.38 bits per heavy atom. The fourth-order valence-electron chi connectivity index (χ4n) is 1.97. The lowest BCUT2D eigenvalue weighted by molar-refractivity contribution is 0.0521. The zero-order valence-electron chi connectivity index (χ0n) is 13.2. The van der Waals surface area contributed by atoms with Crippen LogP contribution in [0, 0.1) is 11.3 Å². The first-order valence-corrected chi connectivity index (χ1v) is 7.28. The normalized spacial score (nSPS) is 10.0. The Kier molecular flexibility index (Phi) is 5.65. The molecule has 0 amide bonds. The van der Waals surface area contributed by atoms with Crippen LogP contribution in [0.5, 0.6) is 5.88 Å². The standard InChI is InChI=1S/C16H17N5O3/c1-2-23-16(22)12-13(19)20-14(21-15(12)24-7-6-17)11-5-3-4-10(8-11)9-18/h3-5,8H,2,6-7,17H2,1H3,(H2,19,20,21). The lowest BCUT2D eigenvalue weighted by Crippen LogP contribution is -2.17. The molecule has 1 heterocycles. The van der Waals surface area contributed by atoms with Crippen molar-refractivity contribution >= 4 is 11.8 Å². The molecule has 0 saturated carbocycles. The van der Waals surface area contributed by atoms with Crippen LogP contribution in [0.4, 0.5) is 5.82 Å². The number of benzene rings is 1. The summed E-state index contributed by atoms with van der Waals surface area (Å²) >= 11 is 0. The molecule has 2 aromatic rings. The molecule has 0 saturated heterocycles. The van der Waals surface area contributed by atoms with Crippen molar-refractivity contribution in [3.05, 3.63) is 35.4 Å². The van der Waals surface area contributed by atoms with Gasteiger partial charge in [-0.1, -0.05) is 12.1 Å². The van der Waals surface area contributed by atoms with Crippen molar-refractivity contribution < 1.29 is 14.3 Å². The minimum absolute atomic E-state index is 0.00348. The van der Waals surface area contributed by atoms with Gasteiger partial charge in [0.05, 0.1) is 18.2 Å². The Morgan fingerprint density at radius 2 is 2.17 bits per heavy atom. The van der Waals surface area contributed by atoms with Gasteiger partial charge in [0.15, 0.2) is 11.4 Å². The topological polar surface area (TPSA) is 137 Å². The van der Waals surface area contributed by atoms with Gasteiger partial charge in [-0.05, 0) is 19.1 Å². The number of carbonyl (C=O) groups is 1. The van der Waals surface area contributed by atoms with Gasteiger partial charge in [-0.25, -0.2) is 9.78 Å². The lowest BCUT2D eigenvalue weighted by atomic mass is 10.1. The van der Waals surface area contributed by atoms with Gasteiger partial charge in [-0.3, -0.25) is 0 Å². The summed E-state index contributed by atoms with van der Waals surface area (Å²) in [4.78, 5) is 20.4. The molecule has 0 fully saturated rings. The molecule has 0 spiro atoms. The maximum Gasteiger partial charge on any atom is 0.347 e. The zero-order chi connectivity index (χ0) is 17.5. The first-order valence-electron chi connectivity index (χ1n) is 7.28. The first-order chi connectivity index (χ1) is 11.6. The third-order valence-corrected chi connectivity index (χ3v) is 2.99. The number of hydrogen-bond donors (Lipinski definition) is 2. The fraction of sp³-hybridized carbons (Fsp3) is 0.250. The number of hydrogen-bond acceptors (Lipinski definition) is 8. The number of nitriles is 1. The second kappa shape index (κ2) is 7.89. The van der Waals surface area contributed by atoms with Crippen molar-refractivity contribution in [2.45, 2.75) is 6.92 Å². The van der Waals surface area contributed by atoms with Crippen LogP contribution in [0.3, 0.4) is 0 Å². The number of nitrogen functional groups attached to an aromatic ring is 1. The predicted octanol–water partition coefficient (Wildman–Crippen LogP) is 1.11. The van der Waals surface area contributed by atoms with Crippen LogP contribution in [0.25, 0.3) is 11.4 Å². The molecule has 0 atom stereocenters. The number of rotatable bonds is 6. The molecule has 4 N–H and O–H groups in total. The number of esters is 1. The van der Waals surface area contributed by atoms with Gasteiger partial charge in [0.1, 0.15) is 12.4 Å². The Morgan fingerprint density at radius 3 is 2.83 bits per heavy atom. The van der Waals surface area contributed by atoms with Crippen molar-refractivity contribution in [2.24, 2.45) is 5.73 Å². The average Bonchev–Trinajstić information content (AvgIpc) is 2.59. The van der Waals surface area contributed by atoms with Gasteiger partial charge < -0.3 is 20.9 Å². The SMILES string of the molecule is CCOC(=O)c1c(N)nc(-c2cccc(C#N)c2)nc1OCCN. The summed E-state index contributed by atoms with van der Waals surface area (Å²) < 4.78 is 10.4. The molecule has 0 unspecified atom stereocenters. The molecule has 0 aliphatic rings. The monoisotopic (exact) mass is 327 g/mol. The minimum Gasteiger partial charge on any atom is -0.476 e. The van der Waals surface area contributed by atoms with E-state index in [1.54, 1.807) is 31.2 Å². The smallest absolute Gasteiger partial charge is 0.347 e. The number of nitrogens with two attached hydrogens (primary N) is 2. The molecule has 124 valence electrons. The predicted molar refractivity (Wildman–Crippen MR) is 87.1 cm³/mol. The molecule has 24 heavy (non-hydrogen) atoms.